The summed E-state index contributed by atoms with van der Waals surface area (Å²) in [5.41, 5.74) is 6.21. The molecule has 0 aliphatic rings. The second kappa shape index (κ2) is 10.3. The van der Waals surface area contributed by atoms with Gasteiger partial charge in [-0.3, -0.25) is 19.8 Å². The van der Waals surface area contributed by atoms with Gasteiger partial charge in [-0.15, -0.1) is 0 Å². The first-order valence-corrected chi connectivity index (χ1v) is 12.0. The second-order valence-corrected chi connectivity index (χ2v) is 9.13. The number of aromatic nitrogens is 1. The first kappa shape index (κ1) is 24.3. The lowest BCUT2D eigenvalue weighted by molar-refractivity contribution is -0.139. The Kier molecular flexibility index (Phi) is 6.76. The van der Waals surface area contributed by atoms with E-state index in [9.17, 15) is 19.5 Å². The third kappa shape index (κ3) is 5.25. The molecule has 9 nitrogen and oxygen atoms in total. The minimum absolute atomic E-state index is 0.109. The number of carbonyl (C=O) groups is 2. The van der Waals surface area contributed by atoms with E-state index < -0.39 is 23.3 Å². The molecule has 2 heterocycles. The molecule has 0 aliphatic carbocycles. The van der Waals surface area contributed by atoms with Crippen molar-refractivity contribution in [3.8, 4) is 11.5 Å². The van der Waals surface area contributed by atoms with Crippen molar-refractivity contribution in [3.05, 3.63) is 105 Å². The van der Waals surface area contributed by atoms with Gasteiger partial charge in [0.15, 0.2) is 11.2 Å². The summed E-state index contributed by atoms with van der Waals surface area (Å²) in [7, 11) is 0. The van der Waals surface area contributed by atoms with Crippen LogP contribution in [0.3, 0.4) is 0 Å². The fourth-order valence-electron chi connectivity index (χ4n) is 3.94. The number of aromatic amines is 1. The van der Waals surface area contributed by atoms with E-state index in [1.54, 1.807) is 48.7 Å². The molecule has 3 aromatic carbocycles. The van der Waals surface area contributed by atoms with E-state index >= 15 is 0 Å². The van der Waals surface area contributed by atoms with Crippen molar-refractivity contribution >= 4 is 49.7 Å². The molecule has 0 radical (unpaired) electrons. The molecule has 0 saturated carbocycles. The molecule has 2 aromatic heterocycles. The monoisotopic (exact) mass is 561 g/mol. The van der Waals surface area contributed by atoms with E-state index in [2.05, 4.69) is 31.8 Å². The molecule has 0 unspecified atom stereocenters. The smallest absolute Gasteiger partial charge is 0.322 e. The number of H-pyrrole nitrogens is 1. The van der Waals surface area contributed by atoms with Crippen LogP contribution in [0, 0.1) is 0 Å². The highest BCUT2D eigenvalue weighted by Gasteiger charge is 2.22. The SMILES string of the molecule is O=C(NN[C@H](Cc1c[nH]c2ccccc12)C(=O)O)c1cc(=O)c2c(Oc3ccc(Br)cc3)cccc2o1. The van der Waals surface area contributed by atoms with Gasteiger partial charge in [0.2, 0.25) is 0 Å². The van der Waals surface area contributed by atoms with Crippen LogP contribution in [0.25, 0.3) is 21.9 Å². The van der Waals surface area contributed by atoms with Crippen LogP contribution in [0.4, 0.5) is 0 Å². The third-order valence-corrected chi connectivity index (χ3v) is 6.27. The van der Waals surface area contributed by atoms with Crippen LogP contribution in [0.1, 0.15) is 16.1 Å². The Morgan fingerprint density at radius 1 is 1.05 bits per heavy atom. The number of para-hydroxylation sites is 1. The van der Waals surface area contributed by atoms with E-state index in [0.29, 0.717) is 5.75 Å². The maximum absolute atomic E-state index is 12.9. The van der Waals surface area contributed by atoms with Crippen molar-refractivity contribution in [2.75, 3.05) is 0 Å². The Labute approximate surface area is 218 Å². The van der Waals surface area contributed by atoms with Gasteiger partial charge in [0.25, 0.3) is 0 Å². The molecule has 10 heteroatoms. The van der Waals surface area contributed by atoms with Crippen LogP contribution >= 0.6 is 15.9 Å². The Bertz CT molecular complexity index is 1680. The molecular weight excluding hydrogens is 542 g/mol. The molecule has 5 rings (SSSR count). The number of hydrogen-bond donors (Lipinski definition) is 4. The number of carboxylic acids is 1. The van der Waals surface area contributed by atoms with Crippen LogP contribution in [-0.4, -0.2) is 28.0 Å². The normalized spacial score (nSPS) is 11.9. The van der Waals surface area contributed by atoms with Crippen molar-refractivity contribution in [3.63, 3.8) is 0 Å². The van der Waals surface area contributed by atoms with Gasteiger partial charge < -0.3 is 19.2 Å². The topological polar surface area (TPSA) is 134 Å². The van der Waals surface area contributed by atoms with E-state index in [-0.39, 0.29) is 28.9 Å². The number of rotatable bonds is 8. The summed E-state index contributed by atoms with van der Waals surface area (Å²) < 4.78 is 12.4. The Hall–Kier alpha value is -4.41. The van der Waals surface area contributed by atoms with Gasteiger partial charge in [0.1, 0.15) is 28.5 Å². The van der Waals surface area contributed by atoms with Crippen molar-refractivity contribution < 1.29 is 23.8 Å². The molecule has 0 bridgehead atoms. The van der Waals surface area contributed by atoms with Crippen LogP contribution in [-0.2, 0) is 11.2 Å². The van der Waals surface area contributed by atoms with Gasteiger partial charge in [0.05, 0.1) is 0 Å². The summed E-state index contributed by atoms with van der Waals surface area (Å²) in [5.74, 6) is -1.41. The lowest BCUT2D eigenvalue weighted by atomic mass is 10.1. The van der Waals surface area contributed by atoms with Gasteiger partial charge in [-0.05, 0) is 48.0 Å². The number of ether oxygens (including phenoxy) is 1. The largest absolute Gasteiger partial charge is 0.480 e. The van der Waals surface area contributed by atoms with Gasteiger partial charge in [-0.1, -0.05) is 40.2 Å². The molecule has 0 spiro atoms. The van der Waals surface area contributed by atoms with Gasteiger partial charge in [-0.25, -0.2) is 5.43 Å². The molecule has 37 heavy (non-hydrogen) atoms. The number of nitrogens with one attached hydrogen (secondary N) is 3. The molecular formula is C27H20BrN3O6. The van der Waals surface area contributed by atoms with Gasteiger partial charge in [0, 0.05) is 34.1 Å². The summed E-state index contributed by atoms with van der Waals surface area (Å²) >= 11 is 3.36. The highest BCUT2D eigenvalue weighted by molar-refractivity contribution is 9.10. The molecule has 1 atom stereocenters. The number of amides is 1. The van der Waals surface area contributed by atoms with Crippen LogP contribution in [0.2, 0.25) is 0 Å². The maximum Gasteiger partial charge on any atom is 0.322 e. The van der Waals surface area contributed by atoms with Crippen molar-refractivity contribution in [1.82, 2.24) is 15.8 Å². The minimum Gasteiger partial charge on any atom is -0.480 e. The summed E-state index contributed by atoms with van der Waals surface area (Å²) in [5, 5.41) is 10.7. The zero-order chi connectivity index (χ0) is 25.9. The predicted octanol–water partition coefficient (Wildman–Crippen LogP) is 4.76. The number of hydrogen-bond acceptors (Lipinski definition) is 6. The first-order chi connectivity index (χ1) is 17.9. The maximum atomic E-state index is 12.9. The summed E-state index contributed by atoms with van der Waals surface area (Å²) in [4.78, 5) is 40.6. The zero-order valence-electron chi connectivity index (χ0n) is 19.2. The van der Waals surface area contributed by atoms with Gasteiger partial charge in [-0.2, -0.15) is 0 Å². The lowest BCUT2D eigenvalue weighted by Gasteiger charge is -2.15. The summed E-state index contributed by atoms with van der Waals surface area (Å²) in [6.45, 7) is 0. The van der Waals surface area contributed by atoms with Gasteiger partial charge >= 0.3 is 11.9 Å². The van der Waals surface area contributed by atoms with E-state index in [4.69, 9.17) is 9.15 Å². The molecule has 1 amide bonds. The van der Waals surface area contributed by atoms with E-state index in [0.717, 1.165) is 27.0 Å². The highest BCUT2D eigenvalue weighted by atomic mass is 79.9. The number of carbonyl (C=O) groups excluding carboxylic acids is 1. The van der Waals surface area contributed by atoms with E-state index in [1.807, 2.05) is 24.3 Å². The average Bonchev–Trinajstić information content (AvgIpc) is 3.30. The summed E-state index contributed by atoms with van der Waals surface area (Å²) in [6, 6.07) is 19.4. The molecule has 0 aliphatic heterocycles. The number of hydrazine groups is 1. The zero-order valence-corrected chi connectivity index (χ0v) is 20.7. The van der Waals surface area contributed by atoms with E-state index in [1.165, 1.54) is 0 Å². The Balaban J connectivity index is 1.33. The van der Waals surface area contributed by atoms with Crippen molar-refractivity contribution in [1.29, 1.82) is 0 Å². The fraction of sp³-hybridized carbons (Fsp3) is 0.0741. The predicted molar refractivity (Wildman–Crippen MR) is 141 cm³/mol. The Morgan fingerprint density at radius 2 is 1.84 bits per heavy atom. The number of aliphatic carboxylic acids is 1. The molecule has 4 N–H and O–H groups in total. The number of carboxylic acid groups (broad SMARTS) is 1. The number of fused-ring (bicyclic) bond motifs is 2. The van der Waals surface area contributed by atoms with Crippen molar-refractivity contribution in [2.24, 2.45) is 0 Å². The number of benzene rings is 3. The van der Waals surface area contributed by atoms with Crippen LogP contribution < -0.4 is 21.0 Å². The summed E-state index contributed by atoms with van der Waals surface area (Å²) in [6.07, 6.45) is 1.85. The van der Waals surface area contributed by atoms with Crippen LogP contribution in [0.5, 0.6) is 11.5 Å². The molecule has 0 saturated heterocycles. The molecule has 0 fully saturated rings. The van der Waals surface area contributed by atoms with Crippen molar-refractivity contribution in [2.45, 2.75) is 12.5 Å². The highest BCUT2D eigenvalue weighted by Crippen LogP contribution is 2.29. The Morgan fingerprint density at radius 3 is 2.62 bits per heavy atom. The minimum atomic E-state index is -1.15. The number of halogens is 1. The molecule has 186 valence electrons. The average molecular weight is 562 g/mol. The standard InChI is InChI=1S/C27H20BrN3O6/c28-16-8-10-17(11-9-16)36-22-6-3-7-23-25(22)21(32)13-24(37-23)26(33)31-30-20(27(34)35)12-15-14-29-19-5-2-1-4-18(15)19/h1-11,13-14,20,29-30H,12H2,(H,31,33)(H,34,35)/t20-/m1/s1. The quantitative estimate of drug-likeness (QED) is 0.201. The fourth-order valence-corrected chi connectivity index (χ4v) is 4.20. The second-order valence-electron chi connectivity index (χ2n) is 8.21. The van der Waals surface area contributed by atoms with Crippen LogP contribution in [0.15, 0.2) is 92.7 Å². The lowest BCUT2D eigenvalue weighted by Crippen LogP contribution is -2.49. The molecule has 5 aromatic rings. The first-order valence-electron chi connectivity index (χ1n) is 11.2. The third-order valence-electron chi connectivity index (χ3n) is 5.74.